The summed E-state index contributed by atoms with van der Waals surface area (Å²) in [5.74, 6) is -0.588. The fourth-order valence-corrected chi connectivity index (χ4v) is 6.85. The van der Waals surface area contributed by atoms with E-state index in [4.69, 9.17) is 16.3 Å². The van der Waals surface area contributed by atoms with E-state index in [2.05, 4.69) is 16.3 Å². The van der Waals surface area contributed by atoms with Crippen LogP contribution in [0.3, 0.4) is 0 Å². The Morgan fingerprint density at radius 3 is 2.41 bits per heavy atom. The maximum Gasteiger partial charge on any atom is 0.301 e. The molecule has 0 saturated carbocycles. The number of Topliss-reactive ketones (excluding diaryl/α,β-unsaturated/α-hetero) is 1. The number of nitrogens with zero attached hydrogens (tertiary/aromatic N) is 3. The predicted octanol–water partition coefficient (Wildman–Crippen LogP) is 8.00. The Bertz CT molecular complexity index is 1840. The maximum absolute atomic E-state index is 13.5. The highest BCUT2D eigenvalue weighted by molar-refractivity contribution is 8.00. The number of amides is 1. The first-order valence-corrected chi connectivity index (χ1v) is 15.9. The van der Waals surface area contributed by atoms with Crippen LogP contribution in [0.2, 0.25) is 5.02 Å². The number of aliphatic hydroxyl groups excluding tert-OH is 1. The Kier molecular flexibility index (Phi) is 8.79. The number of rotatable bonds is 9. The van der Waals surface area contributed by atoms with E-state index >= 15 is 0 Å². The van der Waals surface area contributed by atoms with Gasteiger partial charge in [0.05, 0.1) is 11.6 Å². The summed E-state index contributed by atoms with van der Waals surface area (Å²) in [4.78, 5) is 28.3. The molecule has 0 spiro atoms. The molecule has 5 aromatic rings. The number of halogens is 1. The molecule has 220 valence electrons. The van der Waals surface area contributed by atoms with Gasteiger partial charge in [0.1, 0.15) is 18.1 Å². The third kappa shape index (κ3) is 6.40. The third-order valence-corrected chi connectivity index (χ3v) is 9.43. The summed E-state index contributed by atoms with van der Waals surface area (Å²) in [5, 5.41) is 20.9. The van der Waals surface area contributed by atoms with Gasteiger partial charge in [-0.2, -0.15) is 0 Å². The molecular formula is C34H26ClN3O4S2. The number of hydrogen-bond donors (Lipinski definition) is 1. The second-order valence-electron chi connectivity index (χ2n) is 10.1. The van der Waals surface area contributed by atoms with E-state index in [-0.39, 0.29) is 16.5 Å². The van der Waals surface area contributed by atoms with Gasteiger partial charge in [0.25, 0.3) is 5.78 Å². The first kappa shape index (κ1) is 29.6. The average molecular weight is 640 g/mol. The van der Waals surface area contributed by atoms with Gasteiger partial charge in [0.2, 0.25) is 5.13 Å². The topological polar surface area (TPSA) is 92.6 Å². The molecule has 7 nitrogen and oxygen atoms in total. The molecule has 1 aliphatic rings. The van der Waals surface area contributed by atoms with Crippen LogP contribution in [0.4, 0.5) is 5.13 Å². The summed E-state index contributed by atoms with van der Waals surface area (Å²) >= 11 is 8.69. The molecule has 0 radical (unpaired) electrons. The van der Waals surface area contributed by atoms with Crippen molar-refractivity contribution in [2.24, 2.45) is 0 Å². The molecule has 1 unspecified atom stereocenters. The molecule has 2 heterocycles. The first-order chi connectivity index (χ1) is 21.4. The SMILES string of the molecule is Cc1cccc(COc2ccc(/C(O)=C3\C(=O)C(=O)N(c4nnc(SCc5ccc(Cl)cc5)s4)C3c3ccccc3)cc2)c1. The predicted molar refractivity (Wildman–Crippen MR) is 174 cm³/mol. The minimum atomic E-state index is -0.879. The van der Waals surface area contributed by atoms with Crippen LogP contribution >= 0.6 is 34.7 Å². The van der Waals surface area contributed by atoms with Crippen molar-refractivity contribution in [3.8, 4) is 5.75 Å². The minimum Gasteiger partial charge on any atom is -0.507 e. The van der Waals surface area contributed by atoms with Gasteiger partial charge in [-0.3, -0.25) is 14.5 Å². The Hall–Kier alpha value is -4.44. The van der Waals surface area contributed by atoms with Crippen molar-refractivity contribution < 1.29 is 19.4 Å². The van der Waals surface area contributed by atoms with Crippen LogP contribution in [0.1, 0.15) is 33.9 Å². The van der Waals surface area contributed by atoms with E-state index in [1.807, 2.05) is 79.7 Å². The highest BCUT2D eigenvalue weighted by Gasteiger charge is 2.48. The third-order valence-electron chi connectivity index (χ3n) is 7.05. The summed E-state index contributed by atoms with van der Waals surface area (Å²) in [7, 11) is 0. The molecule has 1 amide bonds. The standard InChI is InChI=1S/C34H26ClN3O4S2/c1-21-6-5-7-23(18-21)19-42-27-16-12-25(13-17-27)30(39)28-29(24-8-3-2-4-9-24)38(32(41)31(28)40)33-36-37-34(44-33)43-20-22-10-14-26(35)15-11-22/h2-18,29,39H,19-20H2,1H3/b30-28+. The number of thioether (sulfide) groups is 1. The summed E-state index contributed by atoms with van der Waals surface area (Å²) in [6.45, 7) is 2.42. The average Bonchev–Trinajstić information content (AvgIpc) is 3.62. The number of ether oxygens (including phenoxy) is 1. The van der Waals surface area contributed by atoms with E-state index in [0.29, 0.717) is 38.6 Å². The summed E-state index contributed by atoms with van der Waals surface area (Å²) < 4.78 is 6.56. The van der Waals surface area contributed by atoms with Crippen molar-refractivity contribution in [2.75, 3.05) is 4.90 Å². The normalized spacial score (nSPS) is 16.0. The van der Waals surface area contributed by atoms with E-state index < -0.39 is 17.7 Å². The lowest BCUT2D eigenvalue weighted by Gasteiger charge is -2.22. The molecule has 1 aliphatic heterocycles. The van der Waals surface area contributed by atoms with Crippen LogP contribution < -0.4 is 9.64 Å². The molecule has 1 N–H and O–H groups in total. The molecule has 4 aromatic carbocycles. The molecule has 1 aromatic heterocycles. The summed E-state index contributed by atoms with van der Waals surface area (Å²) in [6, 6.07) is 30.6. The van der Waals surface area contributed by atoms with Gasteiger partial charge >= 0.3 is 5.91 Å². The number of carbonyl (C=O) groups excluding carboxylic acids is 2. The van der Waals surface area contributed by atoms with Crippen molar-refractivity contribution in [3.63, 3.8) is 0 Å². The molecule has 0 bridgehead atoms. The van der Waals surface area contributed by atoms with Gasteiger partial charge < -0.3 is 9.84 Å². The van der Waals surface area contributed by atoms with E-state index in [9.17, 15) is 14.7 Å². The Labute approximate surface area is 267 Å². The maximum atomic E-state index is 13.5. The molecule has 44 heavy (non-hydrogen) atoms. The molecule has 6 rings (SSSR count). The highest BCUT2D eigenvalue weighted by Crippen LogP contribution is 2.44. The van der Waals surface area contributed by atoms with Crippen molar-refractivity contribution in [1.82, 2.24) is 10.2 Å². The zero-order valence-corrected chi connectivity index (χ0v) is 25.9. The lowest BCUT2D eigenvalue weighted by molar-refractivity contribution is -0.132. The van der Waals surface area contributed by atoms with Crippen molar-refractivity contribution in [1.29, 1.82) is 0 Å². The van der Waals surface area contributed by atoms with Crippen LogP contribution in [-0.2, 0) is 21.9 Å². The second kappa shape index (κ2) is 13.1. The number of aryl methyl sites for hydroxylation is 1. The number of carbonyl (C=O) groups is 2. The highest BCUT2D eigenvalue weighted by atomic mass is 35.5. The molecule has 1 atom stereocenters. The van der Waals surface area contributed by atoms with Gasteiger partial charge in [0.15, 0.2) is 4.34 Å². The van der Waals surface area contributed by atoms with Crippen molar-refractivity contribution in [3.05, 3.63) is 142 Å². The van der Waals surface area contributed by atoms with E-state index in [1.54, 1.807) is 24.3 Å². The lowest BCUT2D eigenvalue weighted by Crippen LogP contribution is -2.29. The fourth-order valence-electron chi connectivity index (χ4n) is 4.90. The molecule has 10 heteroatoms. The van der Waals surface area contributed by atoms with E-state index in [0.717, 1.165) is 16.7 Å². The summed E-state index contributed by atoms with van der Waals surface area (Å²) in [5.41, 5.74) is 4.30. The van der Waals surface area contributed by atoms with Gasteiger partial charge in [-0.1, -0.05) is 107 Å². The minimum absolute atomic E-state index is 0.0137. The van der Waals surface area contributed by atoms with Crippen LogP contribution in [-0.4, -0.2) is 27.0 Å². The summed E-state index contributed by atoms with van der Waals surface area (Å²) in [6.07, 6.45) is 0. The smallest absolute Gasteiger partial charge is 0.301 e. The van der Waals surface area contributed by atoms with E-state index in [1.165, 1.54) is 28.0 Å². The number of hydrogen-bond acceptors (Lipinski definition) is 8. The number of ketones is 1. The van der Waals surface area contributed by atoms with Crippen LogP contribution in [0.5, 0.6) is 5.75 Å². The Balaban J connectivity index is 1.27. The molecular weight excluding hydrogens is 614 g/mol. The largest absolute Gasteiger partial charge is 0.507 e. The van der Waals surface area contributed by atoms with Gasteiger partial charge in [-0.15, -0.1) is 10.2 Å². The van der Waals surface area contributed by atoms with Gasteiger partial charge in [0, 0.05) is 16.3 Å². The zero-order chi connectivity index (χ0) is 30.6. The number of benzene rings is 4. The van der Waals surface area contributed by atoms with Crippen LogP contribution in [0, 0.1) is 6.92 Å². The van der Waals surface area contributed by atoms with Crippen LogP contribution in [0.25, 0.3) is 5.76 Å². The number of aromatic nitrogens is 2. The first-order valence-electron chi connectivity index (χ1n) is 13.7. The quantitative estimate of drug-likeness (QED) is 0.0574. The Morgan fingerprint density at radius 1 is 0.932 bits per heavy atom. The molecule has 0 aliphatic carbocycles. The zero-order valence-electron chi connectivity index (χ0n) is 23.5. The number of aliphatic hydroxyl groups is 1. The Morgan fingerprint density at radius 2 is 1.68 bits per heavy atom. The second-order valence-corrected chi connectivity index (χ2v) is 12.8. The number of anilines is 1. The fraction of sp³-hybridized carbons (Fsp3) is 0.118. The molecule has 1 fully saturated rings. The van der Waals surface area contributed by atoms with Gasteiger partial charge in [-0.05, 0) is 60.0 Å². The molecule has 1 saturated heterocycles. The monoisotopic (exact) mass is 639 g/mol. The van der Waals surface area contributed by atoms with Crippen molar-refractivity contribution >= 4 is 57.3 Å². The lowest BCUT2D eigenvalue weighted by atomic mass is 9.95. The van der Waals surface area contributed by atoms with Gasteiger partial charge in [-0.25, -0.2) is 0 Å². The van der Waals surface area contributed by atoms with Crippen molar-refractivity contribution in [2.45, 2.75) is 29.7 Å². The van der Waals surface area contributed by atoms with Crippen LogP contribution in [0.15, 0.2) is 113 Å².